The second kappa shape index (κ2) is 15.1. The second-order valence-electron chi connectivity index (χ2n) is 13.9. The molecule has 5 heterocycles. The van der Waals surface area contributed by atoms with Crippen LogP contribution in [0.2, 0.25) is 0 Å². The molecule has 53 heavy (non-hydrogen) atoms. The van der Waals surface area contributed by atoms with Gasteiger partial charge in [0.1, 0.15) is 23.8 Å². The molecule has 3 amide bonds. The van der Waals surface area contributed by atoms with E-state index in [1.54, 1.807) is 4.90 Å². The third kappa shape index (κ3) is 7.06. The van der Waals surface area contributed by atoms with Gasteiger partial charge in [0.05, 0.1) is 43.0 Å². The lowest BCUT2D eigenvalue weighted by Crippen LogP contribution is -2.42. The number of nitrogens with zero attached hydrogens (tertiary/aromatic N) is 4. The summed E-state index contributed by atoms with van der Waals surface area (Å²) in [7, 11) is 1.29. The van der Waals surface area contributed by atoms with Crippen molar-refractivity contribution in [3.8, 4) is 33.6 Å². The number of hydrogen-bond acceptors (Lipinski definition) is 7. The molecule has 272 valence electrons. The number of likely N-dealkylation sites (tertiary alicyclic amines) is 2. The van der Waals surface area contributed by atoms with Crippen molar-refractivity contribution in [2.24, 2.45) is 0 Å². The van der Waals surface area contributed by atoms with E-state index < -0.39 is 12.1 Å². The van der Waals surface area contributed by atoms with Gasteiger partial charge in [-0.3, -0.25) is 9.59 Å². The number of alkyl carbamates (subject to hydrolysis) is 1. The number of aromatic amines is 2. The van der Waals surface area contributed by atoms with Crippen LogP contribution < -0.4 is 5.32 Å². The van der Waals surface area contributed by atoms with Gasteiger partial charge >= 0.3 is 6.09 Å². The quantitative estimate of drug-likeness (QED) is 0.154. The standard InChI is InChI=1S/C41H43N7O5/c1-52-41(51)46-36(30-8-3-2-4-9-30)40(50)48-22-6-11-34(48)38-43-25-32(45-38)29-19-15-27(16-20-29)26-13-17-28(18-14-26)31-24-42-37(44-31)33-10-5-21-47(33)39(49)35-12-7-23-53-35/h2-4,8-9,13-20,24-25,33-36H,5-7,10-12,21-23H2,1H3,(H,42,44)(H,43,45)(H,46,51)/t33-,34-,35?,36?/m0/s1. The van der Waals surface area contributed by atoms with Crippen LogP contribution in [0.25, 0.3) is 33.6 Å². The van der Waals surface area contributed by atoms with Crippen LogP contribution >= 0.6 is 0 Å². The zero-order valence-electron chi connectivity index (χ0n) is 29.7. The Hall–Kier alpha value is -5.75. The smallest absolute Gasteiger partial charge is 0.407 e. The summed E-state index contributed by atoms with van der Waals surface area (Å²) in [5.41, 5.74) is 6.65. The number of amides is 3. The van der Waals surface area contributed by atoms with Crippen molar-refractivity contribution in [3.05, 3.63) is 108 Å². The first-order valence-electron chi connectivity index (χ1n) is 18.4. The minimum atomic E-state index is -0.867. The summed E-state index contributed by atoms with van der Waals surface area (Å²) >= 11 is 0. The highest BCUT2D eigenvalue weighted by molar-refractivity contribution is 5.87. The normalized spacial score (nSPS) is 20.4. The molecule has 3 saturated heterocycles. The molecule has 0 saturated carbocycles. The van der Waals surface area contributed by atoms with Crippen LogP contribution in [-0.2, 0) is 19.1 Å². The number of methoxy groups -OCH3 is 1. The molecular formula is C41H43N7O5. The number of nitrogens with one attached hydrogen (secondary N) is 3. The summed E-state index contributed by atoms with van der Waals surface area (Å²) in [4.78, 5) is 59.2. The fourth-order valence-corrected chi connectivity index (χ4v) is 7.85. The first kappa shape index (κ1) is 34.3. The van der Waals surface area contributed by atoms with E-state index >= 15 is 0 Å². The van der Waals surface area contributed by atoms with Crippen molar-refractivity contribution < 1.29 is 23.9 Å². The number of rotatable bonds is 9. The highest BCUT2D eigenvalue weighted by Gasteiger charge is 2.38. The second-order valence-corrected chi connectivity index (χ2v) is 13.9. The van der Waals surface area contributed by atoms with Gasteiger partial charge in [-0.1, -0.05) is 78.9 Å². The van der Waals surface area contributed by atoms with Crippen molar-refractivity contribution in [1.82, 2.24) is 35.1 Å². The van der Waals surface area contributed by atoms with Crippen molar-refractivity contribution in [2.45, 2.75) is 62.8 Å². The fraction of sp³-hybridized carbons (Fsp3) is 0.341. The molecule has 3 aromatic carbocycles. The molecular weight excluding hydrogens is 670 g/mol. The molecule has 3 N–H and O–H groups in total. The van der Waals surface area contributed by atoms with E-state index in [0.717, 1.165) is 84.5 Å². The van der Waals surface area contributed by atoms with E-state index in [1.165, 1.54) is 7.11 Å². The zero-order valence-corrected chi connectivity index (χ0v) is 29.7. The minimum Gasteiger partial charge on any atom is -0.453 e. The molecule has 0 bridgehead atoms. The summed E-state index contributed by atoms with van der Waals surface area (Å²) < 4.78 is 10.5. The van der Waals surface area contributed by atoms with Crippen LogP contribution in [-0.4, -0.2) is 80.6 Å². The third-order valence-electron chi connectivity index (χ3n) is 10.7. The lowest BCUT2D eigenvalue weighted by Gasteiger charge is -2.28. The molecule has 3 aliphatic heterocycles. The van der Waals surface area contributed by atoms with Crippen LogP contribution in [0.3, 0.4) is 0 Å². The van der Waals surface area contributed by atoms with E-state index in [1.807, 2.05) is 47.6 Å². The molecule has 2 aromatic heterocycles. The maximum Gasteiger partial charge on any atom is 0.407 e. The summed E-state index contributed by atoms with van der Waals surface area (Å²) in [5, 5.41) is 2.71. The maximum atomic E-state index is 13.9. The number of carbonyl (C=O) groups is 3. The van der Waals surface area contributed by atoms with E-state index in [2.05, 4.69) is 68.8 Å². The van der Waals surface area contributed by atoms with Crippen LogP contribution in [0.15, 0.2) is 91.3 Å². The number of benzene rings is 3. The number of imidazole rings is 2. The molecule has 12 nitrogen and oxygen atoms in total. The molecule has 4 atom stereocenters. The number of hydrogen-bond donors (Lipinski definition) is 3. The molecule has 12 heteroatoms. The summed E-state index contributed by atoms with van der Waals surface area (Å²) in [6, 6.07) is 24.7. The number of H-pyrrole nitrogens is 2. The SMILES string of the molecule is COC(=O)NC(C(=O)N1CCC[C@H]1c1ncc(-c2ccc(-c3ccc(-c4cnc([C@@H]5CCCN5C(=O)C5CCCO5)[nH]4)cc3)cc2)[nH]1)c1ccccc1. The Morgan fingerprint density at radius 2 is 1.28 bits per heavy atom. The van der Waals surface area contributed by atoms with Crippen LogP contribution in [0.1, 0.15) is 73.9 Å². The van der Waals surface area contributed by atoms with Crippen LogP contribution in [0.4, 0.5) is 4.79 Å². The van der Waals surface area contributed by atoms with Crippen molar-refractivity contribution in [2.75, 3.05) is 26.8 Å². The Labute approximate surface area is 307 Å². The largest absolute Gasteiger partial charge is 0.453 e. The Morgan fingerprint density at radius 3 is 1.83 bits per heavy atom. The van der Waals surface area contributed by atoms with E-state index in [0.29, 0.717) is 24.5 Å². The Balaban J connectivity index is 0.929. The molecule has 5 aromatic rings. The lowest BCUT2D eigenvalue weighted by molar-refractivity contribution is -0.142. The minimum absolute atomic E-state index is 0.0499. The van der Waals surface area contributed by atoms with E-state index in [-0.39, 0.29) is 30.0 Å². The van der Waals surface area contributed by atoms with Gasteiger partial charge in [0.25, 0.3) is 11.8 Å². The number of ether oxygens (including phenoxy) is 2. The highest BCUT2D eigenvalue weighted by Crippen LogP contribution is 2.36. The van der Waals surface area contributed by atoms with Gasteiger partial charge in [-0.2, -0.15) is 0 Å². The summed E-state index contributed by atoms with van der Waals surface area (Å²) in [6.07, 6.45) is 7.86. The monoisotopic (exact) mass is 713 g/mol. The Bertz CT molecular complexity index is 2050. The number of carbonyl (C=O) groups excluding carboxylic acids is 3. The predicted molar refractivity (Wildman–Crippen MR) is 198 cm³/mol. The third-order valence-corrected chi connectivity index (χ3v) is 10.7. The average Bonchev–Trinajstić information content (AvgIpc) is 4.06. The van der Waals surface area contributed by atoms with Crippen molar-refractivity contribution in [1.29, 1.82) is 0 Å². The fourth-order valence-electron chi connectivity index (χ4n) is 7.85. The molecule has 3 aliphatic rings. The molecule has 8 rings (SSSR count). The summed E-state index contributed by atoms with van der Waals surface area (Å²) in [6.45, 7) is 1.96. The van der Waals surface area contributed by atoms with Gasteiger partial charge < -0.3 is 34.6 Å². The average molecular weight is 714 g/mol. The van der Waals surface area contributed by atoms with Crippen molar-refractivity contribution >= 4 is 17.9 Å². The molecule has 0 radical (unpaired) electrons. The topological polar surface area (TPSA) is 146 Å². The van der Waals surface area contributed by atoms with Gasteiger partial charge in [0.15, 0.2) is 0 Å². The first-order valence-corrected chi connectivity index (χ1v) is 18.4. The zero-order chi connectivity index (χ0) is 36.3. The molecule has 0 spiro atoms. The summed E-state index contributed by atoms with van der Waals surface area (Å²) in [5.74, 6) is 1.42. The van der Waals surface area contributed by atoms with Gasteiger partial charge in [0.2, 0.25) is 0 Å². The Kier molecular flexibility index (Phi) is 9.77. The molecule has 2 unspecified atom stereocenters. The predicted octanol–water partition coefficient (Wildman–Crippen LogP) is 6.74. The molecule has 0 aliphatic carbocycles. The van der Waals surface area contributed by atoms with E-state index in [4.69, 9.17) is 14.5 Å². The van der Waals surface area contributed by atoms with Gasteiger partial charge in [-0.05, 0) is 66.3 Å². The van der Waals surface area contributed by atoms with Gasteiger partial charge in [0, 0.05) is 19.7 Å². The van der Waals surface area contributed by atoms with Gasteiger partial charge in [-0.25, -0.2) is 14.8 Å². The number of aromatic nitrogens is 4. The van der Waals surface area contributed by atoms with Crippen LogP contribution in [0.5, 0.6) is 0 Å². The molecule has 3 fully saturated rings. The Morgan fingerprint density at radius 1 is 0.736 bits per heavy atom. The van der Waals surface area contributed by atoms with Gasteiger partial charge in [-0.15, -0.1) is 0 Å². The van der Waals surface area contributed by atoms with E-state index in [9.17, 15) is 14.4 Å². The lowest BCUT2D eigenvalue weighted by atomic mass is 10.0. The first-order chi connectivity index (χ1) is 26.0. The highest BCUT2D eigenvalue weighted by atomic mass is 16.5. The maximum absolute atomic E-state index is 13.9. The van der Waals surface area contributed by atoms with Crippen LogP contribution in [0, 0.1) is 0 Å². The van der Waals surface area contributed by atoms with Crippen molar-refractivity contribution in [3.63, 3.8) is 0 Å².